The summed E-state index contributed by atoms with van der Waals surface area (Å²) in [5.74, 6) is 0. The van der Waals surface area contributed by atoms with Crippen molar-refractivity contribution in [1.82, 2.24) is 15.0 Å². The van der Waals surface area contributed by atoms with Crippen LogP contribution in [0.5, 0.6) is 0 Å². The number of aromatic nitrogens is 3. The molecule has 0 fully saturated rings. The van der Waals surface area contributed by atoms with Gasteiger partial charge in [0, 0.05) is 0 Å². The second kappa shape index (κ2) is 5.16. The van der Waals surface area contributed by atoms with Gasteiger partial charge in [-0.1, -0.05) is 0 Å². The van der Waals surface area contributed by atoms with Gasteiger partial charge in [-0.3, -0.25) is 0 Å². The normalized spacial score (nSPS) is 11.8. The van der Waals surface area contributed by atoms with Crippen LogP contribution in [0, 0.1) is 0 Å². The zero-order chi connectivity index (χ0) is 12.5. The van der Waals surface area contributed by atoms with Gasteiger partial charge in [0.15, 0.2) is 0 Å². The molecule has 1 aromatic carbocycles. The van der Waals surface area contributed by atoms with Gasteiger partial charge in [0.25, 0.3) is 0 Å². The minimum absolute atomic E-state index is 0.398. The Labute approximate surface area is 115 Å². The van der Waals surface area contributed by atoms with Gasteiger partial charge in [0.2, 0.25) is 0 Å². The van der Waals surface area contributed by atoms with Crippen molar-refractivity contribution in [2.75, 3.05) is 3.90 Å². The van der Waals surface area contributed by atoms with E-state index in [4.69, 9.17) is 23.2 Å². The Kier molecular flexibility index (Phi) is 4.00. The summed E-state index contributed by atoms with van der Waals surface area (Å²) in [5, 5.41) is 8.07. The van der Waals surface area contributed by atoms with Gasteiger partial charge < -0.3 is 0 Å². The molecule has 0 aliphatic rings. The molecule has 1 heterocycles. The van der Waals surface area contributed by atoms with Crippen molar-refractivity contribution in [2.24, 2.45) is 0 Å². The minimum atomic E-state index is -2.22. The van der Waals surface area contributed by atoms with E-state index in [9.17, 15) is 0 Å². The Hall–Kier alpha value is -0.261. The van der Waals surface area contributed by atoms with Crippen molar-refractivity contribution in [1.29, 1.82) is 0 Å². The summed E-state index contributed by atoms with van der Waals surface area (Å²) < 4.78 is 3.86. The second-order valence-corrected chi connectivity index (χ2v) is 19.9. The fraction of sp³-hybridized carbons (Fsp3) is 0.273. The van der Waals surface area contributed by atoms with Crippen molar-refractivity contribution in [3.63, 3.8) is 0 Å². The molecule has 0 bridgehead atoms. The third kappa shape index (κ3) is 2.95. The van der Waals surface area contributed by atoms with E-state index >= 15 is 0 Å². The van der Waals surface area contributed by atoms with Crippen LogP contribution in [0.4, 0.5) is 0 Å². The molecule has 2 rings (SSSR count). The first-order chi connectivity index (χ1) is 8.03. The zero-order valence-corrected chi connectivity index (χ0v) is 14.1. The number of rotatable bonds is 3. The Bertz CT molecular complexity index is 508. The molecule has 0 radical (unpaired) electrons. The number of alkyl halides is 1. The summed E-state index contributed by atoms with van der Waals surface area (Å²) >= 11 is 9.55. The summed E-state index contributed by atoms with van der Waals surface area (Å²) in [6, 6.07) is 8.35. The fourth-order valence-corrected chi connectivity index (χ4v) is 6.17. The van der Waals surface area contributed by atoms with Gasteiger partial charge in [-0.25, -0.2) is 0 Å². The monoisotopic (exact) mass is 377 g/mol. The summed E-state index contributed by atoms with van der Waals surface area (Å²) in [7, 11) is 0. The maximum absolute atomic E-state index is 6.04. The van der Waals surface area contributed by atoms with Gasteiger partial charge >= 0.3 is 115 Å². The van der Waals surface area contributed by atoms with Crippen molar-refractivity contribution >= 4 is 45.2 Å². The van der Waals surface area contributed by atoms with Crippen molar-refractivity contribution in [2.45, 2.75) is 9.88 Å². The van der Waals surface area contributed by atoms with Crippen LogP contribution in [0.15, 0.2) is 30.5 Å². The molecule has 0 saturated carbocycles. The van der Waals surface area contributed by atoms with E-state index in [1.54, 1.807) is 10.9 Å². The van der Waals surface area contributed by atoms with Crippen LogP contribution >= 0.6 is 23.2 Å². The van der Waals surface area contributed by atoms with Crippen LogP contribution in [0.3, 0.4) is 0 Å². The molecule has 1 aromatic heterocycles. The van der Waals surface area contributed by atoms with Crippen LogP contribution in [-0.4, -0.2) is 37.3 Å². The zero-order valence-electron chi connectivity index (χ0n) is 9.69. The molecule has 0 N–H and O–H groups in total. The summed E-state index contributed by atoms with van der Waals surface area (Å²) in [5.41, 5.74) is 0.963. The van der Waals surface area contributed by atoms with Crippen molar-refractivity contribution < 1.29 is 0 Å². The molecule has 0 saturated heterocycles. The third-order valence-corrected chi connectivity index (χ3v) is 14.7. The van der Waals surface area contributed by atoms with E-state index < -0.39 is 18.4 Å². The van der Waals surface area contributed by atoms with Crippen LogP contribution in [-0.2, 0) is 0 Å². The first kappa shape index (κ1) is 13.2. The molecule has 0 spiro atoms. The van der Waals surface area contributed by atoms with Crippen molar-refractivity contribution in [3.8, 4) is 5.69 Å². The number of halogens is 2. The van der Waals surface area contributed by atoms with Gasteiger partial charge in [0.1, 0.15) is 0 Å². The quantitative estimate of drug-likeness (QED) is 0.609. The maximum atomic E-state index is 6.04. The predicted octanol–water partition coefficient (Wildman–Crippen LogP) is 2.61. The fourth-order valence-electron chi connectivity index (χ4n) is 1.51. The van der Waals surface area contributed by atoms with E-state index in [1.165, 1.54) is 3.58 Å². The van der Waals surface area contributed by atoms with Crippen LogP contribution in [0.1, 0.15) is 0 Å². The number of hydrogen-bond acceptors (Lipinski definition) is 2. The van der Waals surface area contributed by atoms with Gasteiger partial charge in [-0.15, -0.1) is 0 Å². The first-order valence-corrected chi connectivity index (χ1v) is 15.3. The molecule has 0 aliphatic heterocycles. The van der Waals surface area contributed by atoms with Crippen LogP contribution < -0.4 is 3.58 Å². The Morgan fingerprint density at radius 1 is 1.24 bits per heavy atom. The summed E-state index contributed by atoms with van der Waals surface area (Å²) in [6.45, 7) is 0. The molecule has 90 valence electrons. The third-order valence-electron chi connectivity index (χ3n) is 2.71. The van der Waals surface area contributed by atoms with Gasteiger partial charge in [0.05, 0.1) is 0 Å². The predicted molar refractivity (Wildman–Crippen MR) is 74.2 cm³/mol. The summed E-state index contributed by atoms with van der Waals surface area (Å²) in [4.78, 5) is 4.64. The molecule has 6 heteroatoms. The van der Waals surface area contributed by atoms with E-state index in [0.717, 1.165) is 9.58 Å². The molecule has 3 nitrogen and oxygen atoms in total. The molecule has 17 heavy (non-hydrogen) atoms. The number of hydrogen-bond donors (Lipinski definition) is 0. The molecule has 0 atom stereocenters. The molecule has 0 aliphatic carbocycles. The van der Waals surface area contributed by atoms with Gasteiger partial charge in [-0.05, 0) is 0 Å². The average Bonchev–Trinajstić information content (AvgIpc) is 2.76. The number of nitrogens with zero attached hydrogens (tertiary/aromatic N) is 3. The van der Waals surface area contributed by atoms with Crippen LogP contribution in [0.2, 0.25) is 15.0 Å². The molecule has 0 unspecified atom stereocenters. The molecular formula is C11H13Cl2N3Sn. The Morgan fingerprint density at radius 3 is 2.35 bits per heavy atom. The van der Waals surface area contributed by atoms with Gasteiger partial charge in [-0.2, -0.15) is 0 Å². The van der Waals surface area contributed by atoms with Crippen LogP contribution in [0.25, 0.3) is 5.69 Å². The average molecular weight is 377 g/mol. The van der Waals surface area contributed by atoms with E-state index in [0.29, 0.717) is 5.15 Å². The van der Waals surface area contributed by atoms with E-state index in [-0.39, 0.29) is 0 Å². The standard InChI is InChI=1S/C8H5ClN3.CH2Cl.2CH3.Sn/c9-8-6-12(11-10-8)7-4-2-1-3-5-7;1-2;;;/h2-6H;1H2;2*1H3;. The van der Waals surface area contributed by atoms with Crippen molar-refractivity contribution in [3.05, 3.63) is 35.6 Å². The molecular weight excluding hydrogens is 364 g/mol. The Morgan fingerprint density at radius 2 is 1.88 bits per heavy atom. The first-order valence-electron chi connectivity index (χ1n) is 5.28. The second-order valence-electron chi connectivity index (χ2n) is 4.55. The van der Waals surface area contributed by atoms with E-state index in [2.05, 4.69) is 32.3 Å². The molecule has 0 amide bonds. The summed E-state index contributed by atoms with van der Waals surface area (Å²) in [6.07, 6.45) is 1.69. The topological polar surface area (TPSA) is 30.7 Å². The van der Waals surface area contributed by atoms with E-state index in [1.807, 2.05) is 12.1 Å². The molecule has 2 aromatic rings. The Balaban J connectivity index is 2.30. The number of benzene rings is 1. The SMILES string of the molecule is [CH3][Sn]([CH3])([CH2]Cl)[c]1ccc(-n2cc(Cl)nn2)cc1.